The van der Waals surface area contributed by atoms with Gasteiger partial charge in [-0.05, 0) is 92.3 Å². The Balaban J connectivity index is 1.44. The number of aliphatic hydroxyl groups excluding tert-OH is 1. The Bertz CT molecular complexity index is 588. The third-order valence-electron chi connectivity index (χ3n) is 9.79. The van der Waals surface area contributed by atoms with E-state index < -0.39 is 0 Å². The molecular weight excluding hydrogens is 312 g/mol. The second-order valence-electron chi connectivity index (χ2n) is 10.6. The predicted molar refractivity (Wildman–Crippen MR) is 95.7 cm³/mol. The lowest BCUT2D eigenvalue weighted by Gasteiger charge is -2.61. The Morgan fingerprint density at radius 1 is 1.00 bits per heavy atom. The molecule has 1 N–H and O–H groups in total. The smallest absolute Gasteiger partial charge is 0.302 e. The van der Waals surface area contributed by atoms with Crippen molar-refractivity contribution in [3.8, 4) is 0 Å². The van der Waals surface area contributed by atoms with Gasteiger partial charge in [0.05, 0.1) is 6.10 Å². The summed E-state index contributed by atoms with van der Waals surface area (Å²) in [5.74, 6) is 4.14. The Morgan fingerprint density at radius 3 is 2.56 bits per heavy atom. The molecule has 6 unspecified atom stereocenters. The maximum absolute atomic E-state index is 11.6. The number of aliphatic hydroxyl groups is 1. The van der Waals surface area contributed by atoms with Crippen molar-refractivity contribution < 1.29 is 14.6 Å². The van der Waals surface area contributed by atoms with Crippen LogP contribution in [0.5, 0.6) is 0 Å². The fraction of sp³-hybridized carbons (Fsp3) is 0.955. The number of carbonyl (C=O) groups excluding carboxylic acids is 1. The van der Waals surface area contributed by atoms with E-state index in [1.165, 1.54) is 44.9 Å². The lowest BCUT2D eigenvalue weighted by atomic mass is 9.44. The van der Waals surface area contributed by atoms with E-state index in [0.29, 0.717) is 17.8 Å². The van der Waals surface area contributed by atoms with Crippen LogP contribution in [0.15, 0.2) is 0 Å². The number of carbonyl (C=O) groups is 1. The third-order valence-corrected chi connectivity index (χ3v) is 9.79. The molecule has 3 heteroatoms. The van der Waals surface area contributed by atoms with Crippen LogP contribution >= 0.6 is 0 Å². The molecular formula is C22H34O3. The molecule has 25 heavy (non-hydrogen) atoms. The molecule has 5 saturated carbocycles. The minimum Gasteiger partial charge on any atom is -0.462 e. The number of fused-ring (bicyclic) bond motifs is 6. The van der Waals surface area contributed by atoms with Crippen molar-refractivity contribution in [2.75, 3.05) is 0 Å². The maximum atomic E-state index is 11.6. The Hall–Kier alpha value is -0.570. The van der Waals surface area contributed by atoms with Gasteiger partial charge in [-0.2, -0.15) is 0 Å². The van der Waals surface area contributed by atoms with Gasteiger partial charge in [-0.15, -0.1) is 0 Å². The molecule has 0 aromatic heterocycles. The first-order chi connectivity index (χ1) is 11.9. The van der Waals surface area contributed by atoms with Crippen LogP contribution in [0.3, 0.4) is 0 Å². The number of hydrogen-bond donors (Lipinski definition) is 1. The van der Waals surface area contributed by atoms with Crippen LogP contribution in [0.25, 0.3) is 0 Å². The quantitative estimate of drug-likeness (QED) is 0.725. The van der Waals surface area contributed by atoms with E-state index in [-0.39, 0.29) is 29.0 Å². The molecule has 0 heterocycles. The molecule has 5 aliphatic rings. The number of hydrogen-bond acceptors (Lipinski definition) is 3. The van der Waals surface area contributed by atoms with Gasteiger partial charge in [-0.3, -0.25) is 4.79 Å². The summed E-state index contributed by atoms with van der Waals surface area (Å²) in [5.41, 5.74) is 0.305. The van der Waals surface area contributed by atoms with Crippen molar-refractivity contribution in [2.45, 2.75) is 84.3 Å². The zero-order chi connectivity index (χ0) is 17.6. The molecule has 0 bridgehead atoms. The molecule has 0 aromatic carbocycles. The summed E-state index contributed by atoms with van der Waals surface area (Å²) in [6.07, 6.45) is 9.97. The van der Waals surface area contributed by atoms with Gasteiger partial charge in [0.2, 0.25) is 0 Å². The monoisotopic (exact) mass is 346 g/mol. The first kappa shape index (κ1) is 16.6. The zero-order valence-electron chi connectivity index (χ0n) is 16.0. The molecule has 10 atom stereocenters. The molecule has 0 aliphatic heterocycles. The molecule has 3 nitrogen and oxygen atoms in total. The molecule has 0 amide bonds. The zero-order valence-corrected chi connectivity index (χ0v) is 16.0. The van der Waals surface area contributed by atoms with Crippen molar-refractivity contribution in [1.82, 2.24) is 0 Å². The van der Waals surface area contributed by atoms with Crippen LogP contribution in [0.1, 0.15) is 72.1 Å². The number of esters is 1. The second kappa shape index (κ2) is 5.24. The first-order valence-electron chi connectivity index (χ1n) is 10.7. The van der Waals surface area contributed by atoms with E-state index in [0.717, 1.165) is 24.2 Å². The molecule has 5 fully saturated rings. The first-order valence-corrected chi connectivity index (χ1v) is 10.7. The number of ether oxygens (including phenoxy) is 1. The molecule has 0 spiro atoms. The highest BCUT2D eigenvalue weighted by molar-refractivity contribution is 5.66. The number of rotatable bonds is 1. The van der Waals surface area contributed by atoms with Gasteiger partial charge in [0, 0.05) is 12.3 Å². The average molecular weight is 347 g/mol. The van der Waals surface area contributed by atoms with Crippen LogP contribution in [-0.4, -0.2) is 23.3 Å². The summed E-state index contributed by atoms with van der Waals surface area (Å²) in [4.78, 5) is 11.6. The fourth-order valence-corrected chi connectivity index (χ4v) is 8.40. The van der Waals surface area contributed by atoms with Crippen molar-refractivity contribution >= 4 is 5.97 Å². The Kier molecular flexibility index (Phi) is 3.48. The van der Waals surface area contributed by atoms with Crippen molar-refractivity contribution in [3.63, 3.8) is 0 Å². The normalized spacial score (nSPS) is 59.2. The van der Waals surface area contributed by atoms with Gasteiger partial charge in [0.15, 0.2) is 0 Å². The standard InChI is InChI=1S/C22H34O3/c1-12(23)25-19-7-6-17-15-5-4-14-10-13-11-16(13)20(24)22(14,3)18(15)8-9-21(17,19)2/h13-20,24H,4-11H2,1-3H3/t13-,14-,15?,16-,17?,18?,19?,20+,21?,22?/m0/s1. The van der Waals surface area contributed by atoms with E-state index in [4.69, 9.17) is 4.74 Å². The summed E-state index contributed by atoms with van der Waals surface area (Å²) in [6.45, 7) is 6.38. The molecule has 140 valence electrons. The van der Waals surface area contributed by atoms with E-state index in [1.807, 2.05) is 0 Å². The van der Waals surface area contributed by atoms with Gasteiger partial charge in [0.1, 0.15) is 6.10 Å². The maximum Gasteiger partial charge on any atom is 0.302 e. The lowest BCUT2D eigenvalue weighted by Crippen LogP contribution is -2.58. The van der Waals surface area contributed by atoms with E-state index >= 15 is 0 Å². The van der Waals surface area contributed by atoms with Crippen molar-refractivity contribution in [3.05, 3.63) is 0 Å². The molecule has 5 aliphatic carbocycles. The van der Waals surface area contributed by atoms with Crippen molar-refractivity contribution in [2.24, 2.45) is 46.3 Å². The van der Waals surface area contributed by atoms with Gasteiger partial charge in [-0.25, -0.2) is 0 Å². The van der Waals surface area contributed by atoms with Gasteiger partial charge in [0.25, 0.3) is 0 Å². The minimum atomic E-state index is -0.118. The summed E-state index contributed by atoms with van der Waals surface area (Å²) < 4.78 is 5.75. The Morgan fingerprint density at radius 2 is 1.80 bits per heavy atom. The van der Waals surface area contributed by atoms with Crippen LogP contribution in [0.4, 0.5) is 0 Å². The SMILES string of the molecule is CC(=O)OC1CCC2C3CC[C@H]4C[C@H]5C[C@@H]5[C@@H](O)C4(C)C3CCC12C. The van der Waals surface area contributed by atoms with E-state index in [9.17, 15) is 9.90 Å². The van der Waals surface area contributed by atoms with Crippen molar-refractivity contribution in [1.29, 1.82) is 0 Å². The van der Waals surface area contributed by atoms with Crippen LogP contribution < -0.4 is 0 Å². The van der Waals surface area contributed by atoms with Gasteiger partial charge >= 0.3 is 5.97 Å². The molecule has 5 rings (SSSR count). The second-order valence-corrected chi connectivity index (χ2v) is 10.6. The highest BCUT2D eigenvalue weighted by atomic mass is 16.5. The Labute approximate surface area is 151 Å². The van der Waals surface area contributed by atoms with Crippen LogP contribution in [0, 0.1) is 46.3 Å². The van der Waals surface area contributed by atoms with Gasteiger partial charge in [-0.1, -0.05) is 13.8 Å². The average Bonchev–Trinajstić information content (AvgIpc) is 3.26. The molecule has 0 aromatic rings. The van der Waals surface area contributed by atoms with Crippen LogP contribution in [-0.2, 0) is 9.53 Å². The highest BCUT2D eigenvalue weighted by Crippen LogP contribution is 2.70. The third kappa shape index (κ3) is 2.11. The molecule has 0 saturated heterocycles. The highest BCUT2D eigenvalue weighted by Gasteiger charge is 2.66. The largest absolute Gasteiger partial charge is 0.462 e. The van der Waals surface area contributed by atoms with E-state index in [1.54, 1.807) is 6.92 Å². The molecule has 0 radical (unpaired) electrons. The topological polar surface area (TPSA) is 46.5 Å². The summed E-state index contributed by atoms with van der Waals surface area (Å²) in [6, 6.07) is 0. The minimum absolute atomic E-state index is 0.0703. The fourth-order valence-electron chi connectivity index (χ4n) is 8.40. The van der Waals surface area contributed by atoms with Crippen LogP contribution in [0.2, 0.25) is 0 Å². The predicted octanol–water partition coefficient (Wildman–Crippen LogP) is 4.18. The summed E-state index contributed by atoms with van der Waals surface area (Å²) in [5, 5.41) is 11.2. The van der Waals surface area contributed by atoms with E-state index in [2.05, 4.69) is 13.8 Å². The lowest BCUT2D eigenvalue weighted by molar-refractivity contribution is -0.178. The summed E-state index contributed by atoms with van der Waals surface area (Å²) >= 11 is 0. The summed E-state index contributed by atoms with van der Waals surface area (Å²) in [7, 11) is 0. The van der Waals surface area contributed by atoms with Gasteiger partial charge < -0.3 is 9.84 Å².